The van der Waals surface area contributed by atoms with Gasteiger partial charge >= 0.3 is 0 Å². The minimum absolute atomic E-state index is 0.180. The van der Waals surface area contributed by atoms with E-state index in [-0.39, 0.29) is 5.91 Å². The van der Waals surface area contributed by atoms with E-state index in [1.807, 2.05) is 26.0 Å². The van der Waals surface area contributed by atoms with Crippen LogP contribution in [0.3, 0.4) is 0 Å². The highest BCUT2D eigenvalue weighted by Gasteiger charge is 2.31. The van der Waals surface area contributed by atoms with Crippen LogP contribution >= 0.6 is 11.3 Å². The number of carbonyl (C=O) groups is 1. The lowest BCUT2D eigenvalue weighted by Gasteiger charge is -2.26. The Morgan fingerprint density at radius 3 is 2.75 bits per heavy atom. The molecule has 1 aliphatic heterocycles. The molecule has 2 heterocycles. The molecule has 8 heteroatoms. The first-order valence-corrected chi connectivity index (χ1v) is 9.86. The van der Waals surface area contributed by atoms with Gasteiger partial charge in [-0.05, 0) is 25.5 Å². The van der Waals surface area contributed by atoms with Crippen molar-refractivity contribution in [2.75, 3.05) is 11.9 Å². The topological polar surface area (TPSA) is 79.4 Å². The number of rotatable bonds is 3. The van der Waals surface area contributed by atoms with E-state index in [1.165, 1.54) is 22.6 Å². The number of hydrogen-bond acceptors (Lipinski definition) is 5. The van der Waals surface area contributed by atoms with Crippen LogP contribution in [0.15, 0.2) is 23.1 Å². The SMILES string of the molecule is CC(=O)Nc1nc2c(s1)CN(S(=O)(=O)c1ccc(C)cc1C)CC2. The first-order chi connectivity index (χ1) is 11.3. The number of amides is 1. The van der Waals surface area contributed by atoms with Gasteiger partial charge in [0.05, 0.1) is 17.1 Å². The number of aryl methyl sites for hydroxylation is 2. The van der Waals surface area contributed by atoms with Crippen LogP contribution in [0.4, 0.5) is 5.13 Å². The molecule has 1 aromatic carbocycles. The fourth-order valence-corrected chi connectivity index (χ4v) is 5.58. The number of carbonyl (C=O) groups excluding carboxylic acids is 1. The maximum absolute atomic E-state index is 13.0. The zero-order valence-electron chi connectivity index (χ0n) is 13.8. The molecule has 1 aromatic heterocycles. The quantitative estimate of drug-likeness (QED) is 0.906. The Balaban J connectivity index is 1.88. The Hall–Kier alpha value is -1.77. The number of fused-ring (bicyclic) bond motifs is 1. The first kappa shape index (κ1) is 17.1. The lowest BCUT2D eigenvalue weighted by atomic mass is 10.2. The molecule has 0 bridgehead atoms. The molecule has 0 aliphatic carbocycles. The Morgan fingerprint density at radius 1 is 1.33 bits per heavy atom. The zero-order chi connectivity index (χ0) is 17.5. The summed E-state index contributed by atoms with van der Waals surface area (Å²) in [5, 5.41) is 3.19. The van der Waals surface area contributed by atoms with Gasteiger partial charge in [-0.3, -0.25) is 4.79 Å². The Morgan fingerprint density at radius 2 is 2.08 bits per heavy atom. The summed E-state index contributed by atoms with van der Waals surface area (Å²) in [6.45, 7) is 5.87. The molecule has 0 saturated carbocycles. The second kappa shape index (κ2) is 6.27. The summed E-state index contributed by atoms with van der Waals surface area (Å²) in [5.74, 6) is -0.180. The number of sulfonamides is 1. The zero-order valence-corrected chi connectivity index (χ0v) is 15.4. The van der Waals surface area contributed by atoms with Gasteiger partial charge in [-0.15, -0.1) is 11.3 Å². The van der Waals surface area contributed by atoms with E-state index >= 15 is 0 Å². The van der Waals surface area contributed by atoms with Crippen molar-refractivity contribution in [3.05, 3.63) is 39.9 Å². The minimum Gasteiger partial charge on any atom is -0.302 e. The number of aromatic nitrogens is 1. The number of benzene rings is 1. The molecular weight excluding hydrogens is 346 g/mol. The Kier molecular flexibility index (Phi) is 4.46. The molecule has 0 radical (unpaired) electrons. The number of nitrogens with one attached hydrogen (secondary N) is 1. The van der Waals surface area contributed by atoms with Crippen molar-refractivity contribution in [1.29, 1.82) is 0 Å². The first-order valence-electron chi connectivity index (χ1n) is 7.61. The van der Waals surface area contributed by atoms with Crippen LogP contribution in [0.1, 0.15) is 28.6 Å². The maximum Gasteiger partial charge on any atom is 0.243 e. The van der Waals surface area contributed by atoms with Crippen LogP contribution in [-0.4, -0.2) is 30.2 Å². The van der Waals surface area contributed by atoms with Crippen LogP contribution in [0.5, 0.6) is 0 Å². The third-order valence-corrected chi connectivity index (χ3v) is 6.93. The van der Waals surface area contributed by atoms with E-state index in [2.05, 4.69) is 10.3 Å². The van der Waals surface area contributed by atoms with Crippen molar-refractivity contribution in [3.8, 4) is 0 Å². The van der Waals surface area contributed by atoms with E-state index in [0.29, 0.717) is 29.5 Å². The van der Waals surface area contributed by atoms with E-state index < -0.39 is 10.0 Å². The molecular formula is C16H19N3O3S2. The average molecular weight is 365 g/mol. The summed E-state index contributed by atoms with van der Waals surface area (Å²) in [4.78, 5) is 16.8. The van der Waals surface area contributed by atoms with Crippen molar-refractivity contribution < 1.29 is 13.2 Å². The van der Waals surface area contributed by atoms with Crippen molar-refractivity contribution in [3.63, 3.8) is 0 Å². The largest absolute Gasteiger partial charge is 0.302 e. The standard InChI is InChI=1S/C16H19N3O3S2/c1-10-4-5-15(11(2)8-10)24(21,22)19-7-6-13-14(9-19)23-16(18-13)17-12(3)20/h4-5,8H,6-7,9H2,1-3H3,(H,17,18,20). The third kappa shape index (κ3) is 3.22. The van der Waals surface area contributed by atoms with Crippen molar-refractivity contribution in [2.24, 2.45) is 0 Å². The molecule has 0 atom stereocenters. The second-order valence-corrected chi connectivity index (χ2v) is 8.92. The molecule has 2 aromatic rings. The lowest BCUT2D eigenvalue weighted by molar-refractivity contribution is -0.114. The fourth-order valence-electron chi connectivity index (χ4n) is 2.81. The Labute approximate surface area is 145 Å². The molecule has 0 spiro atoms. The fraction of sp³-hybridized carbons (Fsp3) is 0.375. The van der Waals surface area contributed by atoms with Crippen LogP contribution in [0.25, 0.3) is 0 Å². The summed E-state index contributed by atoms with van der Waals surface area (Å²) in [5.41, 5.74) is 2.66. The predicted octanol–water partition coefficient (Wildman–Crippen LogP) is 2.47. The Bertz CT molecular complexity index is 903. The second-order valence-electron chi connectivity index (χ2n) is 5.93. The summed E-state index contributed by atoms with van der Waals surface area (Å²) in [7, 11) is -3.54. The highest BCUT2D eigenvalue weighted by atomic mass is 32.2. The van der Waals surface area contributed by atoms with E-state index in [9.17, 15) is 13.2 Å². The van der Waals surface area contributed by atoms with Crippen LogP contribution in [0.2, 0.25) is 0 Å². The average Bonchev–Trinajstić information content (AvgIpc) is 2.86. The highest BCUT2D eigenvalue weighted by molar-refractivity contribution is 7.89. The number of thiazole rings is 1. The van der Waals surface area contributed by atoms with Gasteiger partial charge in [0.25, 0.3) is 0 Å². The van der Waals surface area contributed by atoms with E-state index in [0.717, 1.165) is 21.7 Å². The van der Waals surface area contributed by atoms with Gasteiger partial charge in [-0.1, -0.05) is 17.7 Å². The van der Waals surface area contributed by atoms with Gasteiger partial charge in [-0.25, -0.2) is 13.4 Å². The summed E-state index contributed by atoms with van der Waals surface area (Å²) < 4.78 is 27.4. The van der Waals surface area contributed by atoms with Crippen molar-refractivity contribution in [1.82, 2.24) is 9.29 Å². The van der Waals surface area contributed by atoms with Crippen LogP contribution in [0, 0.1) is 13.8 Å². The lowest BCUT2D eigenvalue weighted by Crippen LogP contribution is -2.35. The van der Waals surface area contributed by atoms with Gasteiger partial charge in [0, 0.05) is 24.8 Å². The molecule has 1 amide bonds. The van der Waals surface area contributed by atoms with Gasteiger partial charge < -0.3 is 5.32 Å². The predicted molar refractivity (Wildman–Crippen MR) is 93.6 cm³/mol. The van der Waals surface area contributed by atoms with Crippen LogP contribution in [-0.2, 0) is 27.8 Å². The van der Waals surface area contributed by atoms with Crippen molar-refractivity contribution >= 4 is 32.4 Å². The van der Waals surface area contributed by atoms with Gasteiger partial charge in [0.2, 0.25) is 15.9 Å². The number of anilines is 1. The van der Waals surface area contributed by atoms with E-state index in [1.54, 1.807) is 6.07 Å². The minimum atomic E-state index is -3.54. The molecule has 3 rings (SSSR count). The highest BCUT2D eigenvalue weighted by Crippen LogP contribution is 2.31. The molecule has 6 nitrogen and oxygen atoms in total. The molecule has 128 valence electrons. The smallest absolute Gasteiger partial charge is 0.243 e. The van der Waals surface area contributed by atoms with E-state index in [4.69, 9.17) is 0 Å². The summed E-state index contributed by atoms with van der Waals surface area (Å²) in [6.07, 6.45) is 0.551. The van der Waals surface area contributed by atoms with Gasteiger partial charge in [0.1, 0.15) is 0 Å². The van der Waals surface area contributed by atoms with Crippen LogP contribution < -0.4 is 5.32 Å². The molecule has 0 fully saturated rings. The number of nitrogens with zero attached hydrogens (tertiary/aromatic N) is 2. The maximum atomic E-state index is 13.0. The molecule has 0 saturated heterocycles. The molecule has 1 aliphatic rings. The summed E-state index contributed by atoms with van der Waals surface area (Å²) >= 11 is 1.34. The third-order valence-electron chi connectivity index (χ3n) is 3.93. The number of hydrogen-bond donors (Lipinski definition) is 1. The van der Waals surface area contributed by atoms with Crippen molar-refractivity contribution in [2.45, 2.75) is 38.6 Å². The normalized spacial score (nSPS) is 15.1. The molecule has 1 N–H and O–H groups in total. The van der Waals surface area contributed by atoms with Gasteiger partial charge in [0.15, 0.2) is 5.13 Å². The monoisotopic (exact) mass is 365 g/mol. The molecule has 24 heavy (non-hydrogen) atoms. The molecule has 0 unspecified atom stereocenters. The summed E-state index contributed by atoms with van der Waals surface area (Å²) in [6, 6.07) is 5.37. The van der Waals surface area contributed by atoms with Gasteiger partial charge in [-0.2, -0.15) is 4.31 Å².